The molecule has 3 heterocycles. The first-order valence-electron chi connectivity index (χ1n) is 7.52. The minimum Gasteiger partial charge on any atom is -0.395 e. The molecule has 1 aromatic rings. The predicted octanol–water partition coefficient (Wildman–Crippen LogP) is 0.716. The van der Waals surface area contributed by atoms with Gasteiger partial charge in [0.05, 0.1) is 24.9 Å². The number of halogens is 2. The highest BCUT2D eigenvalue weighted by Crippen LogP contribution is 2.35. The number of aromatic nitrogens is 2. The molecule has 1 aromatic heterocycles. The zero-order valence-corrected chi connectivity index (χ0v) is 12.2. The van der Waals surface area contributed by atoms with Crippen LogP contribution >= 0.6 is 0 Å². The largest absolute Gasteiger partial charge is 0.395 e. The molecule has 1 atom stereocenters. The van der Waals surface area contributed by atoms with Crippen molar-refractivity contribution in [1.82, 2.24) is 20.0 Å². The highest BCUT2D eigenvalue weighted by Gasteiger charge is 2.47. The fourth-order valence-corrected chi connectivity index (χ4v) is 3.47. The van der Waals surface area contributed by atoms with Gasteiger partial charge in [-0.3, -0.25) is 14.8 Å². The lowest BCUT2D eigenvalue weighted by Gasteiger charge is -2.38. The number of amides is 1. The second-order valence-electron chi connectivity index (χ2n) is 6.08. The van der Waals surface area contributed by atoms with Gasteiger partial charge in [0.15, 0.2) is 0 Å². The number of aliphatic hydroxyl groups is 1. The molecule has 2 aliphatic rings. The summed E-state index contributed by atoms with van der Waals surface area (Å²) in [6, 6.07) is -0.477. The lowest BCUT2D eigenvalue weighted by Crippen LogP contribution is -2.49. The summed E-state index contributed by atoms with van der Waals surface area (Å²) in [5.74, 6) is -2.81. The van der Waals surface area contributed by atoms with E-state index in [-0.39, 0.29) is 31.5 Å². The molecule has 3 rings (SSSR count). The highest BCUT2D eigenvalue weighted by molar-refractivity contribution is 5.93. The Kier molecular flexibility index (Phi) is 4.14. The average Bonchev–Trinajstić information content (AvgIpc) is 3.14. The summed E-state index contributed by atoms with van der Waals surface area (Å²) in [6.45, 7) is 0.534. The van der Waals surface area contributed by atoms with Crippen LogP contribution in [0.5, 0.6) is 0 Å². The monoisotopic (exact) mass is 314 g/mol. The Morgan fingerprint density at radius 3 is 2.77 bits per heavy atom. The second-order valence-corrected chi connectivity index (χ2v) is 6.08. The van der Waals surface area contributed by atoms with E-state index in [1.54, 1.807) is 16.0 Å². The normalized spacial score (nSPS) is 26.5. The van der Waals surface area contributed by atoms with Gasteiger partial charge >= 0.3 is 0 Å². The standard InChI is InChI=1S/C14H20F2N4O2/c15-14(16)5-12(8-21)20(9-14)11-1-3-19(4-2-11)13(22)10-6-17-18-7-10/h6-7,11-12,21H,1-5,8-9H2,(H,17,18)/t12-/m0/s1. The first kappa shape index (κ1) is 15.4. The van der Waals surface area contributed by atoms with Crippen LogP contribution in [-0.4, -0.2) is 75.3 Å². The number of H-pyrrole nitrogens is 1. The summed E-state index contributed by atoms with van der Waals surface area (Å²) in [5.41, 5.74) is 0.513. The van der Waals surface area contributed by atoms with Gasteiger partial charge in [-0.15, -0.1) is 0 Å². The van der Waals surface area contributed by atoms with Gasteiger partial charge < -0.3 is 10.0 Å². The number of piperidine rings is 1. The lowest BCUT2D eigenvalue weighted by molar-refractivity contribution is 0.00296. The summed E-state index contributed by atoms with van der Waals surface area (Å²) >= 11 is 0. The molecule has 0 bridgehead atoms. The lowest BCUT2D eigenvalue weighted by atomic mass is 10.0. The van der Waals surface area contributed by atoms with Crippen molar-refractivity contribution in [3.63, 3.8) is 0 Å². The molecule has 0 radical (unpaired) electrons. The van der Waals surface area contributed by atoms with Crippen molar-refractivity contribution in [2.75, 3.05) is 26.2 Å². The molecule has 0 aromatic carbocycles. The molecule has 22 heavy (non-hydrogen) atoms. The third-order valence-corrected chi connectivity index (χ3v) is 4.59. The van der Waals surface area contributed by atoms with Gasteiger partial charge in [0.2, 0.25) is 0 Å². The maximum Gasteiger partial charge on any atom is 0.262 e. The Morgan fingerprint density at radius 2 is 2.18 bits per heavy atom. The fraction of sp³-hybridized carbons (Fsp3) is 0.714. The molecule has 2 N–H and O–H groups in total. The molecule has 0 saturated carbocycles. The fourth-order valence-electron chi connectivity index (χ4n) is 3.47. The first-order valence-corrected chi connectivity index (χ1v) is 7.52. The van der Waals surface area contributed by atoms with Crippen LogP contribution in [0.1, 0.15) is 29.6 Å². The summed E-state index contributed by atoms with van der Waals surface area (Å²) in [7, 11) is 0. The zero-order chi connectivity index (χ0) is 15.7. The van der Waals surface area contributed by atoms with Gasteiger partial charge in [-0.25, -0.2) is 8.78 Å². The van der Waals surface area contributed by atoms with Crippen LogP contribution in [0.15, 0.2) is 12.4 Å². The Balaban J connectivity index is 1.59. The van der Waals surface area contributed by atoms with Crippen molar-refractivity contribution < 1.29 is 18.7 Å². The van der Waals surface area contributed by atoms with E-state index in [0.717, 1.165) is 0 Å². The number of rotatable bonds is 3. The van der Waals surface area contributed by atoms with Crippen LogP contribution < -0.4 is 0 Å². The molecular weight excluding hydrogens is 294 g/mol. The van der Waals surface area contributed by atoms with Gasteiger partial charge in [-0.1, -0.05) is 0 Å². The van der Waals surface area contributed by atoms with E-state index in [9.17, 15) is 18.7 Å². The number of likely N-dealkylation sites (tertiary alicyclic amines) is 2. The van der Waals surface area contributed by atoms with Crippen molar-refractivity contribution in [1.29, 1.82) is 0 Å². The van der Waals surface area contributed by atoms with Crippen molar-refractivity contribution in [3.05, 3.63) is 18.0 Å². The zero-order valence-electron chi connectivity index (χ0n) is 12.2. The first-order chi connectivity index (χ1) is 10.5. The van der Waals surface area contributed by atoms with E-state index in [1.807, 2.05) is 0 Å². The molecule has 2 saturated heterocycles. The molecule has 6 nitrogen and oxygen atoms in total. The number of nitrogens with one attached hydrogen (secondary N) is 1. The number of aliphatic hydroxyl groups excluding tert-OH is 1. The maximum absolute atomic E-state index is 13.5. The van der Waals surface area contributed by atoms with E-state index in [0.29, 0.717) is 31.5 Å². The van der Waals surface area contributed by atoms with Crippen molar-refractivity contribution in [3.8, 4) is 0 Å². The van der Waals surface area contributed by atoms with Crippen LogP contribution in [0.4, 0.5) is 8.78 Å². The molecule has 0 aliphatic carbocycles. The quantitative estimate of drug-likeness (QED) is 0.862. The molecular formula is C14H20F2N4O2. The van der Waals surface area contributed by atoms with E-state index < -0.39 is 12.0 Å². The third-order valence-electron chi connectivity index (χ3n) is 4.59. The number of aromatic amines is 1. The van der Waals surface area contributed by atoms with Gasteiger partial charge in [-0.2, -0.15) is 5.10 Å². The Morgan fingerprint density at radius 1 is 1.45 bits per heavy atom. The van der Waals surface area contributed by atoms with Gasteiger partial charge in [0.1, 0.15) is 0 Å². The molecule has 0 unspecified atom stereocenters. The summed E-state index contributed by atoms with van der Waals surface area (Å²) in [6.07, 6.45) is 4.05. The number of hydrogen-bond donors (Lipinski definition) is 2. The van der Waals surface area contributed by atoms with Crippen LogP contribution in [0.25, 0.3) is 0 Å². The van der Waals surface area contributed by atoms with Crippen molar-refractivity contribution in [2.45, 2.75) is 37.3 Å². The highest BCUT2D eigenvalue weighted by atomic mass is 19.3. The Bertz CT molecular complexity index is 515. The predicted molar refractivity (Wildman–Crippen MR) is 74.7 cm³/mol. The summed E-state index contributed by atoms with van der Waals surface area (Å²) in [4.78, 5) is 15.7. The Hall–Kier alpha value is -1.54. The number of carbonyl (C=O) groups excluding carboxylic acids is 1. The average molecular weight is 314 g/mol. The minimum atomic E-state index is -2.73. The van der Waals surface area contributed by atoms with Crippen molar-refractivity contribution >= 4 is 5.91 Å². The van der Waals surface area contributed by atoms with Crippen molar-refractivity contribution in [2.24, 2.45) is 0 Å². The number of carbonyl (C=O) groups is 1. The number of alkyl halides is 2. The third kappa shape index (κ3) is 2.98. The maximum atomic E-state index is 13.5. The smallest absolute Gasteiger partial charge is 0.262 e. The van der Waals surface area contributed by atoms with Gasteiger partial charge in [0, 0.05) is 37.8 Å². The molecule has 0 spiro atoms. The van der Waals surface area contributed by atoms with Crippen LogP contribution in [0.2, 0.25) is 0 Å². The Labute approximate surface area is 127 Å². The SMILES string of the molecule is O=C(c1cn[nH]c1)N1CCC(N2CC(F)(F)C[C@H]2CO)CC1. The van der Waals surface area contributed by atoms with E-state index >= 15 is 0 Å². The molecule has 122 valence electrons. The minimum absolute atomic E-state index is 0.000996. The van der Waals surface area contributed by atoms with Crippen LogP contribution in [0.3, 0.4) is 0 Å². The van der Waals surface area contributed by atoms with E-state index in [4.69, 9.17) is 0 Å². The van der Waals surface area contributed by atoms with Crippen LogP contribution in [0, 0.1) is 0 Å². The number of nitrogens with zero attached hydrogens (tertiary/aromatic N) is 3. The number of hydrogen-bond acceptors (Lipinski definition) is 4. The molecule has 2 aliphatic heterocycles. The molecule has 2 fully saturated rings. The van der Waals surface area contributed by atoms with E-state index in [1.165, 1.54) is 6.20 Å². The summed E-state index contributed by atoms with van der Waals surface area (Å²) < 4.78 is 27.1. The summed E-state index contributed by atoms with van der Waals surface area (Å²) in [5, 5.41) is 15.7. The van der Waals surface area contributed by atoms with Crippen LogP contribution in [-0.2, 0) is 0 Å². The second kappa shape index (κ2) is 5.92. The van der Waals surface area contributed by atoms with E-state index in [2.05, 4.69) is 10.2 Å². The van der Waals surface area contributed by atoms with Gasteiger partial charge in [0.25, 0.3) is 11.8 Å². The molecule has 8 heteroatoms. The molecule has 1 amide bonds. The van der Waals surface area contributed by atoms with Gasteiger partial charge in [-0.05, 0) is 12.8 Å². The topological polar surface area (TPSA) is 72.5 Å².